The maximum atomic E-state index is 10.4. The Balaban J connectivity index is 2.26. The van der Waals surface area contributed by atoms with Crippen LogP contribution in [0.3, 0.4) is 0 Å². The van der Waals surface area contributed by atoms with E-state index in [0.717, 1.165) is 19.4 Å². The fourth-order valence-electron chi connectivity index (χ4n) is 4.11. The second-order valence-corrected chi connectivity index (χ2v) is 8.21. The zero-order valence-electron chi connectivity index (χ0n) is 17.7. The lowest BCUT2D eigenvalue weighted by Gasteiger charge is -2.32. The molecule has 0 aromatic heterocycles. The van der Waals surface area contributed by atoms with Gasteiger partial charge < -0.3 is 14.9 Å². The number of nitrogens with zero attached hydrogens (tertiary/aromatic N) is 1. The summed E-state index contributed by atoms with van der Waals surface area (Å²) in [4.78, 5) is 2.22. The minimum atomic E-state index is -0.540. The SMILES string of the molecule is CCCCCCCCCN(C)[C@H]1[C@H](OCCCCCCC)[C@H](O)C[C@@H]1O. The standard InChI is InChI=1S/C22H45NO3/c1-4-6-8-10-11-12-14-16-23(3)21-19(24)18-20(25)22(21)26-17-15-13-9-7-5-2/h19-22,24-25H,4-18H2,1-3H3/t19-,20+,21+,22+/m0/s1. The largest absolute Gasteiger partial charge is 0.391 e. The van der Waals surface area contributed by atoms with Gasteiger partial charge in [-0.15, -0.1) is 0 Å². The number of unbranched alkanes of at least 4 members (excludes halogenated alkanes) is 10. The third-order valence-electron chi connectivity index (χ3n) is 5.77. The van der Waals surface area contributed by atoms with Gasteiger partial charge in [-0.2, -0.15) is 0 Å². The van der Waals surface area contributed by atoms with Gasteiger partial charge in [0.25, 0.3) is 0 Å². The van der Waals surface area contributed by atoms with Crippen LogP contribution in [0.1, 0.15) is 97.3 Å². The highest BCUT2D eigenvalue weighted by Gasteiger charge is 2.44. The third kappa shape index (κ3) is 9.16. The lowest BCUT2D eigenvalue weighted by Crippen LogP contribution is -2.47. The summed E-state index contributed by atoms with van der Waals surface area (Å²) in [6, 6.07) is -0.0688. The number of ether oxygens (including phenoxy) is 1. The van der Waals surface area contributed by atoms with Crippen LogP contribution < -0.4 is 0 Å². The van der Waals surface area contributed by atoms with Crippen molar-refractivity contribution < 1.29 is 14.9 Å². The minimum Gasteiger partial charge on any atom is -0.391 e. The smallest absolute Gasteiger partial charge is 0.101 e. The molecule has 0 unspecified atom stereocenters. The van der Waals surface area contributed by atoms with Gasteiger partial charge in [0.15, 0.2) is 0 Å². The topological polar surface area (TPSA) is 52.9 Å². The first-order valence-electron chi connectivity index (χ1n) is 11.3. The molecule has 0 radical (unpaired) electrons. The summed E-state index contributed by atoms with van der Waals surface area (Å²) in [7, 11) is 2.07. The van der Waals surface area contributed by atoms with Gasteiger partial charge in [0.1, 0.15) is 6.10 Å². The molecule has 1 aliphatic rings. The van der Waals surface area contributed by atoms with Gasteiger partial charge in [-0.3, -0.25) is 4.90 Å². The van der Waals surface area contributed by atoms with Crippen molar-refractivity contribution in [1.29, 1.82) is 0 Å². The van der Waals surface area contributed by atoms with Crippen molar-refractivity contribution in [3.8, 4) is 0 Å². The normalized spacial score (nSPS) is 26.1. The summed E-state index contributed by atoms with van der Waals surface area (Å²) in [6.45, 7) is 6.14. The Morgan fingerprint density at radius 3 is 1.92 bits per heavy atom. The van der Waals surface area contributed by atoms with Crippen molar-refractivity contribution in [2.45, 2.75) is 122 Å². The number of likely N-dealkylation sites (N-methyl/N-ethyl adjacent to an activating group) is 1. The first kappa shape index (κ1) is 23.9. The molecule has 1 fully saturated rings. The van der Waals surface area contributed by atoms with Crippen molar-refractivity contribution in [2.24, 2.45) is 0 Å². The Kier molecular flexibility index (Phi) is 13.6. The molecular weight excluding hydrogens is 326 g/mol. The molecule has 4 nitrogen and oxygen atoms in total. The summed E-state index contributed by atoms with van der Waals surface area (Å²) in [6.07, 6.45) is 14.3. The van der Waals surface area contributed by atoms with Crippen LogP contribution in [0.4, 0.5) is 0 Å². The Morgan fingerprint density at radius 2 is 1.31 bits per heavy atom. The number of aliphatic hydroxyl groups excluding tert-OH is 2. The molecule has 0 aromatic rings. The van der Waals surface area contributed by atoms with Crippen molar-refractivity contribution in [2.75, 3.05) is 20.2 Å². The highest BCUT2D eigenvalue weighted by Crippen LogP contribution is 2.28. The van der Waals surface area contributed by atoms with E-state index in [4.69, 9.17) is 4.74 Å². The molecule has 2 N–H and O–H groups in total. The number of aliphatic hydroxyl groups is 2. The average molecular weight is 372 g/mol. The van der Waals surface area contributed by atoms with Crippen LogP contribution >= 0.6 is 0 Å². The van der Waals surface area contributed by atoms with Crippen LogP contribution in [0, 0.1) is 0 Å². The van der Waals surface area contributed by atoms with E-state index in [2.05, 4.69) is 25.8 Å². The Labute approximate surface area is 162 Å². The quantitative estimate of drug-likeness (QED) is 0.392. The monoisotopic (exact) mass is 371 g/mol. The van der Waals surface area contributed by atoms with E-state index >= 15 is 0 Å². The van der Waals surface area contributed by atoms with Crippen molar-refractivity contribution in [3.05, 3.63) is 0 Å². The molecular formula is C22H45NO3. The van der Waals surface area contributed by atoms with Crippen LogP contribution in [0.2, 0.25) is 0 Å². The fourth-order valence-corrected chi connectivity index (χ4v) is 4.11. The molecule has 156 valence electrons. The second-order valence-electron chi connectivity index (χ2n) is 8.21. The van der Waals surface area contributed by atoms with Gasteiger partial charge >= 0.3 is 0 Å². The Bertz CT molecular complexity index is 327. The van der Waals surface area contributed by atoms with E-state index in [1.54, 1.807) is 0 Å². The van der Waals surface area contributed by atoms with E-state index in [9.17, 15) is 10.2 Å². The lowest BCUT2D eigenvalue weighted by atomic mass is 10.1. The zero-order valence-corrected chi connectivity index (χ0v) is 17.7. The van der Waals surface area contributed by atoms with Crippen LogP contribution in [0.25, 0.3) is 0 Å². The molecule has 0 aliphatic heterocycles. The Morgan fingerprint density at radius 1 is 0.769 bits per heavy atom. The molecule has 4 heteroatoms. The predicted molar refractivity (Wildman–Crippen MR) is 110 cm³/mol. The first-order chi connectivity index (χ1) is 12.6. The molecule has 26 heavy (non-hydrogen) atoms. The van der Waals surface area contributed by atoms with Crippen molar-refractivity contribution in [3.63, 3.8) is 0 Å². The van der Waals surface area contributed by atoms with Gasteiger partial charge in [-0.25, -0.2) is 0 Å². The van der Waals surface area contributed by atoms with Crippen LogP contribution in [-0.4, -0.2) is 59.7 Å². The highest BCUT2D eigenvalue weighted by molar-refractivity contribution is 4.98. The third-order valence-corrected chi connectivity index (χ3v) is 5.77. The van der Waals surface area contributed by atoms with E-state index < -0.39 is 12.2 Å². The van der Waals surface area contributed by atoms with Gasteiger partial charge in [0, 0.05) is 13.0 Å². The van der Waals surface area contributed by atoms with E-state index in [1.165, 1.54) is 64.2 Å². The van der Waals surface area contributed by atoms with Crippen LogP contribution in [0.5, 0.6) is 0 Å². The number of rotatable bonds is 16. The van der Waals surface area contributed by atoms with Crippen LogP contribution in [0.15, 0.2) is 0 Å². The highest BCUT2D eigenvalue weighted by atomic mass is 16.5. The van der Waals surface area contributed by atoms with E-state index in [0.29, 0.717) is 13.0 Å². The van der Waals surface area contributed by atoms with E-state index in [-0.39, 0.29) is 12.1 Å². The van der Waals surface area contributed by atoms with E-state index in [1.807, 2.05) is 0 Å². The number of hydrogen-bond donors (Lipinski definition) is 2. The van der Waals surface area contributed by atoms with Gasteiger partial charge in [-0.05, 0) is 26.4 Å². The maximum Gasteiger partial charge on any atom is 0.101 e. The van der Waals surface area contributed by atoms with Crippen LogP contribution in [-0.2, 0) is 4.74 Å². The predicted octanol–water partition coefficient (Wildman–Crippen LogP) is 4.52. The molecule has 4 atom stereocenters. The molecule has 1 saturated carbocycles. The van der Waals surface area contributed by atoms with Crippen molar-refractivity contribution >= 4 is 0 Å². The summed E-state index contributed by atoms with van der Waals surface area (Å²) in [5.41, 5.74) is 0. The molecule has 0 heterocycles. The second kappa shape index (κ2) is 14.8. The molecule has 0 bridgehead atoms. The zero-order chi connectivity index (χ0) is 19.2. The summed E-state index contributed by atoms with van der Waals surface area (Å²) in [5.74, 6) is 0. The Hall–Kier alpha value is -0.160. The van der Waals surface area contributed by atoms with Gasteiger partial charge in [0.2, 0.25) is 0 Å². The van der Waals surface area contributed by atoms with Crippen molar-refractivity contribution in [1.82, 2.24) is 4.90 Å². The lowest BCUT2D eigenvalue weighted by molar-refractivity contribution is -0.0589. The molecule has 1 rings (SSSR count). The summed E-state index contributed by atoms with van der Waals surface area (Å²) in [5, 5.41) is 20.7. The molecule has 0 aromatic carbocycles. The molecule has 0 saturated heterocycles. The average Bonchev–Trinajstić information content (AvgIpc) is 2.90. The van der Waals surface area contributed by atoms with Gasteiger partial charge in [0.05, 0.1) is 18.2 Å². The first-order valence-corrected chi connectivity index (χ1v) is 11.3. The molecule has 0 amide bonds. The fraction of sp³-hybridized carbons (Fsp3) is 1.00. The minimum absolute atomic E-state index is 0.0688. The molecule has 1 aliphatic carbocycles. The number of hydrogen-bond acceptors (Lipinski definition) is 4. The molecule has 0 spiro atoms. The summed E-state index contributed by atoms with van der Waals surface area (Å²) < 4.78 is 6.02. The van der Waals surface area contributed by atoms with Gasteiger partial charge in [-0.1, -0.05) is 78.1 Å². The summed E-state index contributed by atoms with van der Waals surface area (Å²) >= 11 is 0. The maximum absolute atomic E-state index is 10.4.